The number of urea groups is 1. The Labute approximate surface area is 172 Å². The van der Waals surface area contributed by atoms with Crippen molar-refractivity contribution in [2.24, 2.45) is 0 Å². The van der Waals surface area contributed by atoms with Gasteiger partial charge in [-0.05, 0) is 56.3 Å². The molecule has 0 bridgehead atoms. The van der Waals surface area contributed by atoms with Crippen molar-refractivity contribution in [3.63, 3.8) is 0 Å². The van der Waals surface area contributed by atoms with Crippen molar-refractivity contribution in [3.05, 3.63) is 53.4 Å². The molecule has 3 amide bonds. The van der Waals surface area contributed by atoms with Crippen LogP contribution in [0.2, 0.25) is 0 Å². The van der Waals surface area contributed by atoms with Crippen molar-refractivity contribution in [2.45, 2.75) is 46.3 Å². The molecule has 8 nitrogen and oxygen atoms in total. The summed E-state index contributed by atoms with van der Waals surface area (Å²) in [4.78, 5) is 32.9. The van der Waals surface area contributed by atoms with Crippen LogP contribution in [0.15, 0.2) is 47.8 Å². The second kappa shape index (κ2) is 7.87. The number of anilines is 1. The van der Waals surface area contributed by atoms with Gasteiger partial charge in [-0.3, -0.25) is 14.5 Å². The van der Waals surface area contributed by atoms with E-state index in [1.165, 1.54) is 11.1 Å². The average Bonchev–Trinajstić information content (AvgIpc) is 3.17. The normalized spacial score (nSPS) is 17.0. The second-order valence-electron chi connectivity index (χ2n) is 7.61. The smallest absolute Gasteiger partial charge is 0.305 e. The van der Waals surface area contributed by atoms with Gasteiger partial charge in [-0.1, -0.05) is 0 Å². The van der Waals surface area contributed by atoms with Crippen molar-refractivity contribution >= 4 is 32.6 Å². The molecule has 0 spiro atoms. The molecule has 1 aliphatic heterocycles. The van der Waals surface area contributed by atoms with Crippen LogP contribution in [0.4, 0.5) is 10.5 Å². The number of nitrogens with one attached hydrogen (secondary N) is 1. The Bertz CT molecular complexity index is 991. The minimum Gasteiger partial charge on any atom is -0.305 e. The molecule has 1 N–H and O–H groups in total. The molecule has 3 heterocycles. The summed E-state index contributed by atoms with van der Waals surface area (Å²) >= 11 is 0. The fourth-order valence-corrected chi connectivity index (χ4v) is 3.56. The van der Waals surface area contributed by atoms with Gasteiger partial charge in [0.2, 0.25) is 0 Å². The number of hydrogen-bond donors (Lipinski definition) is 1. The highest BCUT2D eigenvalue weighted by Gasteiger charge is 2.52. The number of amides is 3. The van der Waals surface area contributed by atoms with Crippen LogP contribution in [0.3, 0.4) is 0 Å². The van der Waals surface area contributed by atoms with Crippen LogP contribution in [-0.4, -0.2) is 42.9 Å². The van der Waals surface area contributed by atoms with Crippen LogP contribution >= 0.6 is 9.24 Å². The summed E-state index contributed by atoms with van der Waals surface area (Å²) in [5, 5.41) is 13.2. The standard InChI is InChI=1S/C20H25N6O2P/c1-13(21)17(14(2)29)12-24-11-16(9-23-24)26-18(27)20(3,4)25(19(26)28)10-15-5-7-22-8-6-15/h5-9,11,21H,10,12,29H2,1-4H3/b17-14-,21-13?. The SMILES string of the molecule is CC(=N)/C(Cn1cc(N2C(=O)N(Cc3ccncc3)C(C)(C)C2=O)cn1)=C(/C)P. The lowest BCUT2D eigenvalue weighted by atomic mass is 10.0. The topological polar surface area (TPSA) is 95.2 Å². The van der Waals surface area contributed by atoms with E-state index in [1.807, 2.05) is 19.1 Å². The molecular formula is C20H25N6O2P. The van der Waals surface area contributed by atoms with Crippen LogP contribution < -0.4 is 4.90 Å². The van der Waals surface area contributed by atoms with Gasteiger partial charge in [-0.25, -0.2) is 9.69 Å². The summed E-state index contributed by atoms with van der Waals surface area (Å²) in [5.74, 6) is -0.294. The number of hydrogen-bond acceptors (Lipinski definition) is 5. The summed E-state index contributed by atoms with van der Waals surface area (Å²) < 4.78 is 1.63. The van der Waals surface area contributed by atoms with Crippen LogP contribution in [0, 0.1) is 5.41 Å². The Morgan fingerprint density at radius 2 is 1.86 bits per heavy atom. The number of carbonyl (C=O) groups excluding carboxylic acids is 2. The largest absolute Gasteiger partial charge is 0.332 e. The number of imide groups is 1. The average molecular weight is 412 g/mol. The summed E-state index contributed by atoms with van der Waals surface area (Å²) in [5.41, 5.74) is 1.64. The van der Waals surface area contributed by atoms with Crippen molar-refractivity contribution in [3.8, 4) is 0 Å². The van der Waals surface area contributed by atoms with Crippen molar-refractivity contribution in [1.82, 2.24) is 19.7 Å². The van der Waals surface area contributed by atoms with Gasteiger partial charge in [0.05, 0.1) is 18.4 Å². The maximum atomic E-state index is 13.1. The van der Waals surface area contributed by atoms with E-state index in [0.717, 1.165) is 16.5 Å². The molecule has 0 aromatic carbocycles. The zero-order valence-electron chi connectivity index (χ0n) is 17.0. The minimum atomic E-state index is -0.976. The first-order valence-electron chi connectivity index (χ1n) is 9.21. The molecule has 3 rings (SSSR count). The quantitative estimate of drug-likeness (QED) is 0.448. The van der Waals surface area contributed by atoms with Crippen LogP contribution in [0.5, 0.6) is 0 Å². The van der Waals surface area contributed by atoms with Gasteiger partial charge in [0.1, 0.15) is 5.54 Å². The highest BCUT2D eigenvalue weighted by atomic mass is 31.0. The molecule has 29 heavy (non-hydrogen) atoms. The fourth-order valence-electron chi connectivity index (χ4n) is 3.26. The predicted octanol–water partition coefficient (Wildman–Crippen LogP) is 3.21. The molecule has 1 saturated heterocycles. The molecule has 1 atom stereocenters. The Morgan fingerprint density at radius 1 is 1.21 bits per heavy atom. The van der Waals surface area contributed by atoms with E-state index >= 15 is 0 Å². The third-order valence-electron chi connectivity index (χ3n) is 5.04. The van der Waals surface area contributed by atoms with E-state index in [-0.39, 0.29) is 11.9 Å². The molecule has 152 valence electrons. The third-order valence-corrected chi connectivity index (χ3v) is 5.39. The second-order valence-corrected chi connectivity index (χ2v) is 8.47. The number of nitrogens with zero attached hydrogens (tertiary/aromatic N) is 5. The summed E-state index contributed by atoms with van der Waals surface area (Å²) in [6.07, 6.45) is 6.50. The first-order valence-corrected chi connectivity index (χ1v) is 9.79. The lowest BCUT2D eigenvalue weighted by Crippen LogP contribution is -2.43. The molecule has 0 saturated carbocycles. The molecule has 9 heteroatoms. The number of pyridine rings is 1. The van der Waals surface area contributed by atoms with Gasteiger partial charge in [0.15, 0.2) is 0 Å². The first kappa shape index (κ1) is 20.9. The Balaban J connectivity index is 1.87. The van der Waals surface area contributed by atoms with E-state index in [4.69, 9.17) is 5.41 Å². The van der Waals surface area contributed by atoms with E-state index < -0.39 is 5.54 Å². The van der Waals surface area contributed by atoms with Gasteiger partial charge in [0, 0.05) is 30.8 Å². The Morgan fingerprint density at radius 3 is 2.45 bits per heavy atom. The monoisotopic (exact) mass is 412 g/mol. The highest BCUT2D eigenvalue weighted by molar-refractivity contribution is 7.22. The van der Waals surface area contributed by atoms with Crippen molar-refractivity contribution in [1.29, 1.82) is 5.41 Å². The van der Waals surface area contributed by atoms with Crippen LogP contribution in [0.1, 0.15) is 33.3 Å². The molecule has 0 radical (unpaired) electrons. The van der Waals surface area contributed by atoms with Gasteiger partial charge in [-0.15, -0.1) is 9.24 Å². The van der Waals surface area contributed by atoms with Crippen LogP contribution in [0.25, 0.3) is 0 Å². The number of aromatic nitrogens is 3. The van der Waals surface area contributed by atoms with Gasteiger partial charge in [0.25, 0.3) is 5.91 Å². The maximum absolute atomic E-state index is 13.1. The van der Waals surface area contributed by atoms with E-state index in [0.29, 0.717) is 24.5 Å². The molecule has 1 aliphatic rings. The lowest BCUT2D eigenvalue weighted by molar-refractivity contribution is -0.123. The third kappa shape index (κ3) is 3.98. The maximum Gasteiger partial charge on any atom is 0.332 e. The molecular weight excluding hydrogens is 387 g/mol. The van der Waals surface area contributed by atoms with E-state index in [1.54, 1.807) is 48.9 Å². The molecule has 1 fully saturated rings. The zero-order valence-corrected chi connectivity index (χ0v) is 18.2. The summed E-state index contributed by atoms with van der Waals surface area (Å²) in [6.45, 7) is 7.84. The summed E-state index contributed by atoms with van der Waals surface area (Å²) in [7, 11) is 2.60. The lowest BCUT2D eigenvalue weighted by Gasteiger charge is -2.27. The number of allylic oxidation sites excluding steroid dienone is 2. The van der Waals surface area contributed by atoms with Crippen molar-refractivity contribution in [2.75, 3.05) is 4.90 Å². The number of carbonyl (C=O) groups is 2. The number of rotatable bonds is 6. The molecule has 2 aromatic rings. The molecule has 2 aromatic heterocycles. The summed E-state index contributed by atoms with van der Waals surface area (Å²) in [6, 6.07) is 3.28. The molecule has 1 unspecified atom stereocenters. The van der Waals surface area contributed by atoms with Gasteiger partial charge in [-0.2, -0.15) is 5.10 Å². The highest BCUT2D eigenvalue weighted by Crippen LogP contribution is 2.33. The van der Waals surface area contributed by atoms with Gasteiger partial charge >= 0.3 is 6.03 Å². The van der Waals surface area contributed by atoms with Crippen molar-refractivity contribution < 1.29 is 9.59 Å². The fraction of sp³-hybridized carbons (Fsp3) is 0.350. The van der Waals surface area contributed by atoms with Gasteiger partial charge < -0.3 is 10.3 Å². The molecule has 0 aliphatic carbocycles. The predicted molar refractivity (Wildman–Crippen MR) is 115 cm³/mol. The Hall–Kier alpha value is -2.86. The van der Waals surface area contributed by atoms with E-state index in [9.17, 15) is 9.59 Å². The van der Waals surface area contributed by atoms with E-state index in [2.05, 4.69) is 19.3 Å². The zero-order chi connectivity index (χ0) is 21.3. The first-order chi connectivity index (χ1) is 13.6. The minimum absolute atomic E-state index is 0.294. The van der Waals surface area contributed by atoms with Crippen LogP contribution in [-0.2, 0) is 17.9 Å². The Kier molecular flexibility index (Phi) is 5.66.